The minimum absolute atomic E-state index is 0.320. The van der Waals surface area contributed by atoms with Gasteiger partial charge in [-0.15, -0.1) is 0 Å². The number of alkyl carbamates (subject to hydrolysis) is 1. The molecule has 0 radical (unpaired) electrons. The van der Waals surface area contributed by atoms with Crippen LogP contribution in [0.25, 0.3) is 0 Å². The van der Waals surface area contributed by atoms with Crippen LogP contribution >= 0.6 is 23.2 Å². The Morgan fingerprint density at radius 2 is 1.96 bits per heavy atom. The number of carboxylic acid groups (broad SMARTS) is 1. The molecule has 0 aromatic heterocycles. The molecule has 23 heavy (non-hydrogen) atoms. The molecule has 7 heteroatoms. The van der Waals surface area contributed by atoms with Gasteiger partial charge in [0.2, 0.25) is 0 Å². The number of hydrogen-bond donors (Lipinski definition) is 2. The van der Waals surface area contributed by atoms with E-state index in [1.165, 1.54) is 0 Å². The van der Waals surface area contributed by atoms with Gasteiger partial charge in [0.15, 0.2) is 0 Å². The van der Waals surface area contributed by atoms with Gasteiger partial charge in [-0.1, -0.05) is 35.3 Å². The Hall–Kier alpha value is -1.46. The van der Waals surface area contributed by atoms with Gasteiger partial charge in [0.1, 0.15) is 5.60 Å². The van der Waals surface area contributed by atoms with E-state index in [1.54, 1.807) is 39.0 Å². The third kappa shape index (κ3) is 4.09. The van der Waals surface area contributed by atoms with Crippen molar-refractivity contribution < 1.29 is 19.4 Å². The Morgan fingerprint density at radius 3 is 2.52 bits per heavy atom. The summed E-state index contributed by atoms with van der Waals surface area (Å²) >= 11 is 12.2. The van der Waals surface area contributed by atoms with E-state index in [4.69, 9.17) is 27.9 Å². The fourth-order valence-electron chi connectivity index (χ4n) is 2.72. The van der Waals surface area contributed by atoms with Crippen LogP contribution in [0, 0.1) is 5.92 Å². The number of carbonyl (C=O) groups excluding carboxylic acids is 1. The highest BCUT2D eigenvalue weighted by atomic mass is 35.5. The summed E-state index contributed by atoms with van der Waals surface area (Å²) in [5.41, 5.74) is 0.00216. The second-order valence-electron chi connectivity index (χ2n) is 6.60. The quantitative estimate of drug-likeness (QED) is 0.852. The molecule has 3 unspecified atom stereocenters. The van der Waals surface area contributed by atoms with Gasteiger partial charge in [-0.3, -0.25) is 4.79 Å². The third-order valence-electron chi connectivity index (χ3n) is 3.73. The number of benzene rings is 1. The Bertz CT molecular complexity index is 627. The maximum absolute atomic E-state index is 11.9. The van der Waals surface area contributed by atoms with Crippen molar-refractivity contribution in [3.8, 4) is 0 Å². The molecule has 1 aliphatic rings. The first-order valence-electron chi connectivity index (χ1n) is 7.26. The summed E-state index contributed by atoms with van der Waals surface area (Å²) < 4.78 is 5.22. The largest absolute Gasteiger partial charge is 0.481 e. The first-order chi connectivity index (χ1) is 10.6. The fourth-order valence-corrected chi connectivity index (χ4v) is 3.16. The van der Waals surface area contributed by atoms with Gasteiger partial charge in [0, 0.05) is 12.0 Å². The molecule has 2 rings (SSSR count). The molecule has 0 heterocycles. The molecule has 1 saturated carbocycles. The fraction of sp³-hybridized carbons (Fsp3) is 0.500. The van der Waals surface area contributed by atoms with Crippen molar-refractivity contribution in [3.05, 3.63) is 33.8 Å². The van der Waals surface area contributed by atoms with E-state index in [0.29, 0.717) is 22.0 Å². The van der Waals surface area contributed by atoms with Crippen LogP contribution in [-0.2, 0) is 9.53 Å². The Balaban J connectivity index is 2.20. The second-order valence-corrected chi connectivity index (χ2v) is 7.39. The molecule has 1 fully saturated rings. The summed E-state index contributed by atoms with van der Waals surface area (Å²) in [6.45, 7) is 5.29. The monoisotopic (exact) mass is 359 g/mol. The van der Waals surface area contributed by atoms with Crippen LogP contribution < -0.4 is 5.32 Å². The van der Waals surface area contributed by atoms with Crippen LogP contribution in [-0.4, -0.2) is 28.8 Å². The molecule has 126 valence electrons. The topological polar surface area (TPSA) is 75.6 Å². The summed E-state index contributed by atoms with van der Waals surface area (Å²) in [4.78, 5) is 23.3. The van der Waals surface area contributed by atoms with Gasteiger partial charge in [-0.25, -0.2) is 4.79 Å². The molecule has 1 aromatic rings. The highest BCUT2D eigenvalue weighted by Gasteiger charge is 2.48. The van der Waals surface area contributed by atoms with Gasteiger partial charge in [0.05, 0.1) is 16.0 Å². The van der Waals surface area contributed by atoms with Gasteiger partial charge in [0.25, 0.3) is 0 Å². The lowest BCUT2D eigenvalue weighted by Crippen LogP contribution is -2.54. The summed E-state index contributed by atoms with van der Waals surface area (Å²) in [6.07, 6.45) is -0.253. The number of carbonyl (C=O) groups is 2. The molecular formula is C16H19Cl2NO4. The average molecular weight is 360 g/mol. The zero-order valence-electron chi connectivity index (χ0n) is 13.1. The number of halogens is 2. The minimum Gasteiger partial charge on any atom is -0.481 e. The standard InChI is InChI=1S/C16H19Cl2NO4/c1-16(2,3)23-15(22)19-11-7-9(14(20)21)12(11)8-5-4-6-10(17)13(8)18/h4-6,9,11-12H,7H2,1-3H3,(H,19,22)(H,20,21). The lowest BCUT2D eigenvalue weighted by molar-refractivity contribution is -0.146. The predicted octanol–water partition coefficient (Wildman–Crippen LogP) is 4.07. The second kappa shape index (κ2) is 6.57. The SMILES string of the molecule is CC(C)(C)OC(=O)NC1CC(C(=O)O)C1c1cccc(Cl)c1Cl. The van der Waals surface area contributed by atoms with Gasteiger partial charge in [-0.2, -0.15) is 0 Å². The highest BCUT2D eigenvalue weighted by molar-refractivity contribution is 6.42. The van der Waals surface area contributed by atoms with Crippen molar-refractivity contribution in [1.29, 1.82) is 0 Å². The molecule has 0 saturated heterocycles. The zero-order chi connectivity index (χ0) is 17.4. The van der Waals surface area contributed by atoms with Crippen molar-refractivity contribution >= 4 is 35.3 Å². The summed E-state index contributed by atoms with van der Waals surface area (Å²) in [5.74, 6) is -1.98. The number of aliphatic carboxylic acids is 1. The average Bonchev–Trinajstić information content (AvgIpc) is 2.37. The maximum Gasteiger partial charge on any atom is 0.407 e. The van der Waals surface area contributed by atoms with E-state index in [0.717, 1.165) is 0 Å². The number of ether oxygens (including phenoxy) is 1. The normalized spacial score (nSPS) is 23.8. The highest BCUT2D eigenvalue weighted by Crippen LogP contribution is 2.46. The summed E-state index contributed by atoms with van der Waals surface area (Å²) in [6, 6.07) is 4.73. The number of nitrogens with one attached hydrogen (secondary N) is 1. The molecule has 1 aliphatic carbocycles. The van der Waals surface area contributed by atoms with E-state index >= 15 is 0 Å². The first-order valence-corrected chi connectivity index (χ1v) is 8.02. The molecular weight excluding hydrogens is 341 g/mol. The molecule has 0 bridgehead atoms. The van der Waals surface area contributed by atoms with E-state index < -0.39 is 29.5 Å². The predicted molar refractivity (Wildman–Crippen MR) is 88.1 cm³/mol. The lowest BCUT2D eigenvalue weighted by Gasteiger charge is -2.43. The van der Waals surface area contributed by atoms with Crippen LogP contribution in [0.2, 0.25) is 10.0 Å². The van der Waals surface area contributed by atoms with Crippen molar-refractivity contribution in [1.82, 2.24) is 5.32 Å². The smallest absolute Gasteiger partial charge is 0.407 e. The van der Waals surface area contributed by atoms with Crippen LogP contribution in [0.4, 0.5) is 4.79 Å². The van der Waals surface area contributed by atoms with Crippen LogP contribution in [0.15, 0.2) is 18.2 Å². The van der Waals surface area contributed by atoms with Crippen molar-refractivity contribution in [2.45, 2.75) is 44.8 Å². The molecule has 1 amide bonds. The third-order valence-corrected chi connectivity index (χ3v) is 4.57. The number of carboxylic acids is 1. The summed E-state index contributed by atoms with van der Waals surface area (Å²) in [7, 11) is 0. The van der Waals surface area contributed by atoms with Gasteiger partial charge < -0.3 is 15.2 Å². The zero-order valence-corrected chi connectivity index (χ0v) is 14.6. The van der Waals surface area contributed by atoms with Gasteiger partial charge in [-0.05, 0) is 38.8 Å². The first kappa shape index (κ1) is 17.9. The molecule has 3 atom stereocenters. The molecule has 2 N–H and O–H groups in total. The maximum atomic E-state index is 11.9. The molecule has 0 aliphatic heterocycles. The van der Waals surface area contributed by atoms with E-state index in [1.807, 2.05) is 0 Å². The van der Waals surface area contributed by atoms with Gasteiger partial charge >= 0.3 is 12.1 Å². The summed E-state index contributed by atoms with van der Waals surface area (Å²) in [5, 5.41) is 12.7. The number of amides is 1. The van der Waals surface area contributed by atoms with Crippen LogP contribution in [0.1, 0.15) is 38.7 Å². The lowest BCUT2D eigenvalue weighted by atomic mass is 9.66. The Labute approximate surface area is 144 Å². The Morgan fingerprint density at radius 1 is 1.30 bits per heavy atom. The van der Waals surface area contributed by atoms with E-state index in [-0.39, 0.29) is 6.04 Å². The van der Waals surface area contributed by atoms with Crippen LogP contribution in [0.5, 0.6) is 0 Å². The molecule has 0 spiro atoms. The Kier molecular flexibility index (Phi) is 5.11. The number of hydrogen-bond acceptors (Lipinski definition) is 3. The van der Waals surface area contributed by atoms with Crippen molar-refractivity contribution in [2.75, 3.05) is 0 Å². The van der Waals surface area contributed by atoms with Crippen molar-refractivity contribution in [2.24, 2.45) is 5.92 Å². The number of rotatable bonds is 3. The minimum atomic E-state index is -0.923. The van der Waals surface area contributed by atoms with Crippen molar-refractivity contribution in [3.63, 3.8) is 0 Å². The van der Waals surface area contributed by atoms with E-state index in [9.17, 15) is 14.7 Å². The van der Waals surface area contributed by atoms with E-state index in [2.05, 4.69) is 5.32 Å². The van der Waals surface area contributed by atoms with Crippen LogP contribution in [0.3, 0.4) is 0 Å². The molecule has 5 nitrogen and oxygen atoms in total. The molecule has 1 aromatic carbocycles.